The molecular weight excluding hydrogens is 364 g/mol. The standard InChI is InChI=1S/C20H19BrN2O/c1-3-23(4-2)20(24)18-13-15-7-5-6-8-17(15)19(22-18)14-9-11-16(21)12-10-14/h5-13H,3-4H2,1-2H3. The zero-order valence-electron chi connectivity index (χ0n) is 13.8. The topological polar surface area (TPSA) is 33.2 Å². The first-order valence-corrected chi connectivity index (χ1v) is 8.88. The van der Waals surface area contributed by atoms with E-state index >= 15 is 0 Å². The summed E-state index contributed by atoms with van der Waals surface area (Å²) >= 11 is 3.46. The molecule has 0 spiro atoms. The molecule has 0 aliphatic heterocycles. The third-order valence-electron chi connectivity index (χ3n) is 4.13. The fraction of sp³-hybridized carbons (Fsp3) is 0.200. The summed E-state index contributed by atoms with van der Waals surface area (Å²) in [7, 11) is 0. The molecule has 0 atom stereocenters. The van der Waals surface area contributed by atoms with Gasteiger partial charge in [0.05, 0.1) is 5.69 Å². The van der Waals surface area contributed by atoms with Crippen molar-refractivity contribution in [3.8, 4) is 11.3 Å². The van der Waals surface area contributed by atoms with Crippen LogP contribution in [-0.2, 0) is 0 Å². The van der Waals surface area contributed by atoms with Crippen molar-refractivity contribution in [3.63, 3.8) is 0 Å². The van der Waals surface area contributed by atoms with Crippen molar-refractivity contribution in [2.45, 2.75) is 13.8 Å². The highest BCUT2D eigenvalue weighted by Gasteiger charge is 2.17. The second-order valence-corrected chi connectivity index (χ2v) is 6.48. The third kappa shape index (κ3) is 3.20. The van der Waals surface area contributed by atoms with E-state index in [1.807, 2.05) is 68.4 Å². The predicted octanol–water partition coefficient (Wildman–Crippen LogP) is 5.15. The molecule has 0 saturated heterocycles. The number of fused-ring (bicyclic) bond motifs is 1. The second kappa shape index (κ2) is 7.14. The van der Waals surface area contributed by atoms with Crippen LogP contribution in [0.5, 0.6) is 0 Å². The van der Waals surface area contributed by atoms with Crippen LogP contribution >= 0.6 is 15.9 Å². The van der Waals surface area contributed by atoms with E-state index in [0.29, 0.717) is 18.8 Å². The van der Waals surface area contributed by atoms with Crippen LogP contribution in [0, 0.1) is 0 Å². The van der Waals surface area contributed by atoms with Gasteiger partial charge < -0.3 is 4.90 Å². The summed E-state index contributed by atoms with van der Waals surface area (Å²) in [5, 5.41) is 2.08. The van der Waals surface area contributed by atoms with Gasteiger partial charge in [0.15, 0.2) is 0 Å². The lowest BCUT2D eigenvalue weighted by atomic mass is 10.0. The molecule has 3 nitrogen and oxygen atoms in total. The van der Waals surface area contributed by atoms with E-state index in [1.54, 1.807) is 4.90 Å². The van der Waals surface area contributed by atoms with Crippen molar-refractivity contribution in [1.29, 1.82) is 0 Å². The van der Waals surface area contributed by atoms with Crippen LogP contribution in [0.3, 0.4) is 0 Å². The Hall–Kier alpha value is -2.20. The molecule has 0 radical (unpaired) electrons. The van der Waals surface area contributed by atoms with E-state index in [4.69, 9.17) is 4.98 Å². The maximum Gasteiger partial charge on any atom is 0.272 e. The molecular formula is C20H19BrN2O. The number of benzene rings is 2. The summed E-state index contributed by atoms with van der Waals surface area (Å²) in [4.78, 5) is 19.2. The van der Waals surface area contributed by atoms with Crippen LogP contribution in [0.4, 0.5) is 0 Å². The molecule has 3 rings (SSSR count). The summed E-state index contributed by atoms with van der Waals surface area (Å²) in [6.45, 7) is 5.32. The lowest BCUT2D eigenvalue weighted by Crippen LogP contribution is -2.31. The van der Waals surface area contributed by atoms with Gasteiger partial charge in [-0.2, -0.15) is 0 Å². The van der Waals surface area contributed by atoms with Crippen LogP contribution in [0.1, 0.15) is 24.3 Å². The molecule has 1 amide bonds. The second-order valence-electron chi connectivity index (χ2n) is 5.56. The summed E-state index contributed by atoms with van der Waals surface area (Å²) in [6, 6.07) is 18.0. The molecule has 2 aromatic carbocycles. The summed E-state index contributed by atoms with van der Waals surface area (Å²) in [5.41, 5.74) is 2.34. The van der Waals surface area contributed by atoms with Crippen LogP contribution in [0.25, 0.3) is 22.0 Å². The Morgan fingerprint density at radius 3 is 2.38 bits per heavy atom. The highest BCUT2D eigenvalue weighted by Crippen LogP contribution is 2.29. The normalized spacial score (nSPS) is 10.8. The van der Waals surface area contributed by atoms with Crippen molar-refractivity contribution in [2.75, 3.05) is 13.1 Å². The van der Waals surface area contributed by atoms with E-state index in [2.05, 4.69) is 15.9 Å². The molecule has 4 heteroatoms. The number of halogens is 1. The summed E-state index contributed by atoms with van der Waals surface area (Å²) < 4.78 is 1.02. The van der Waals surface area contributed by atoms with Crippen LogP contribution in [-0.4, -0.2) is 28.9 Å². The first-order valence-electron chi connectivity index (χ1n) is 8.09. The number of aromatic nitrogens is 1. The van der Waals surface area contributed by atoms with Crippen molar-refractivity contribution in [3.05, 3.63) is 64.8 Å². The van der Waals surface area contributed by atoms with Gasteiger partial charge in [0, 0.05) is 28.5 Å². The van der Waals surface area contributed by atoms with Gasteiger partial charge >= 0.3 is 0 Å². The monoisotopic (exact) mass is 382 g/mol. The molecule has 0 saturated carbocycles. The zero-order valence-corrected chi connectivity index (χ0v) is 15.4. The maximum absolute atomic E-state index is 12.7. The molecule has 1 aromatic heterocycles. The minimum atomic E-state index is -0.0240. The number of hydrogen-bond donors (Lipinski definition) is 0. The van der Waals surface area contributed by atoms with Gasteiger partial charge in [0.2, 0.25) is 0 Å². The molecule has 3 aromatic rings. The lowest BCUT2D eigenvalue weighted by Gasteiger charge is -2.19. The average molecular weight is 383 g/mol. The SMILES string of the molecule is CCN(CC)C(=O)c1cc2ccccc2c(-c2ccc(Br)cc2)n1. The minimum Gasteiger partial charge on any atom is -0.338 e. The highest BCUT2D eigenvalue weighted by atomic mass is 79.9. The number of nitrogens with zero attached hydrogens (tertiary/aromatic N) is 2. The van der Waals surface area contributed by atoms with Crippen LogP contribution < -0.4 is 0 Å². The number of carbonyl (C=O) groups excluding carboxylic acids is 1. The molecule has 0 aliphatic carbocycles. The Balaban J connectivity index is 2.20. The first kappa shape index (κ1) is 16.7. The van der Waals surface area contributed by atoms with E-state index in [9.17, 15) is 4.79 Å². The summed E-state index contributed by atoms with van der Waals surface area (Å²) in [6.07, 6.45) is 0. The van der Waals surface area contributed by atoms with Gasteiger partial charge in [0.1, 0.15) is 5.69 Å². The van der Waals surface area contributed by atoms with Crippen molar-refractivity contribution in [2.24, 2.45) is 0 Å². The largest absolute Gasteiger partial charge is 0.338 e. The molecule has 0 fully saturated rings. The molecule has 0 N–H and O–H groups in total. The van der Waals surface area contributed by atoms with Crippen molar-refractivity contribution >= 4 is 32.6 Å². The number of pyridine rings is 1. The fourth-order valence-electron chi connectivity index (χ4n) is 2.81. The predicted molar refractivity (Wildman–Crippen MR) is 102 cm³/mol. The van der Waals surface area contributed by atoms with Gasteiger partial charge in [-0.1, -0.05) is 52.3 Å². The van der Waals surface area contributed by atoms with Crippen LogP contribution in [0.15, 0.2) is 59.1 Å². The smallest absolute Gasteiger partial charge is 0.272 e. The fourth-order valence-corrected chi connectivity index (χ4v) is 3.07. The zero-order chi connectivity index (χ0) is 17.1. The number of amides is 1. The number of rotatable bonds is 4. The average Bonchev–Trinajstić information content (AvgIpc) is 2.62. The number of carbonyl (C=O) groups is 1. The Labute approximate surface area is 150 Å². The van der Waals surface area contributed by atoms with Gasteiger partial charge in [-0.25, -0.2) is 4.98 Å². The quantitative estimate of drug-likeness (QED) is 0.625. The Morgan fingerprint density at radius 1 is 1.04 bits per heavy atom. The van der Waals surface area contributed by atoms with E-state index in [-0.39, 0.29) is 5.91 Å². The lowest BCUT2D eigenvalue weighted by molar-refractivity contribution is 0.0767. The third-order valence-corrected chi connectivity index (χ3v) is 4.66. The molecule has 24 heavy (non-hydrogen) atoms. The number of hydrogen-bond acceptors (Lipinski definition) is 2. The summed E-state index contributed by atoms with van der Waals surface area (Å²) in [5.74, 6) is -0.0240. The Kier molecular flexibility index (Phi) is 4.95. The molecule has 0 aliphatic rings. The van der Waals surface area contributed by atoms with E-state index in [0.717, 1.165) is 26.5 Å². The maximum atomic E-state index is 12.7. The molecule has 0 bridgehead atoms. The van der Waals surface area contributed by atoms with Crippen molar-refractivity contribution in [1.82, 2.24) is 9.88 Å². The van der Waals surface area contributed by atoms with E-state index < -0.39 is 0 Å². The molecule has 0 unspecified atom stereocenters. The van der Waals surface area contributed by atoms with E-state index in [1.165, 1.54) is 0 Å². The van der Waals surface area contributed by atoms with Crippen LogP contribution in [0.2, 0.25) is 0 Å². The van der Waals surface area contributed by atoms with Gasteiger partial charge in [-0.05, 0) is 37.4 Å². The Morgan fingerprint density at radius 2 is 1.71 bits per heavy atom. The first-order chi connectivity index (χ1) is 11.6. The minimum absolute atomic E-state index is 0.0240. The van der Waals surface area contributed by atoms with Gasteiger partial charge in [0.25, 0.3) is 5.91 Å². The molecule has 122 valence electrons. The Bertz CT molecular complexity index is 870. The van der Waals surface area contributed by atoms with Gasteiger partial charge in [-0.3, -0.25) is 4.79 Å². The van der Waals surface area contributed by atoms with Gasteiger partial charge in [-0.15, -0.1) is 0 Å². The molecule has 1 heterocycles. The highest BCUT2D eigenvalue weighted by molar-refractivity contribution is 9.10. The van der Waals surface area contributed by atoms with Crippen molar-refractivity contribution < 1.29 is 4.79 Å².